The number of hydrogen-bond donors (Lipinski definition) is 0. The van der Waals surface area contributed by atoms with E-state index in [1.54, 1.807) is 48.5 Å². The third-order valence-corrected chi connectivity index (χ3v) is 3.41. The van der Waals surface area contributed by atoms with Crippen LogP contribution in [0.25, 0.3) is 0 Å². The zero-order chi connectivity index (χ0) is 17.6. The highest BCUT2D eigenvalue weighted by Gasteiger charge is 2.14. The molecule has 3 aromatic rings. The van der Waals surface area contributed by atoms with Gasteiger partial charge in [-0.25, -0.2) is 4.39 Å². The maximum atomic E-state index is 13.1. The van der Waals surface area contributed by atoms with E-state index in [0.717, 1.165) is 5.56 Å². The first-order valence-electron chi connectivity index (χ1n) is 7.50. The first-order chi connectivity index (χ1) is 12.1. The zero-order valence-electron chi connectivity index (χ0n) is 13.1. The Kier molecular flexibility index (Phi) is 4.89. The van der Waals surface area contributed by atoms with E-state index < -0.39 is 4.92 Å². The summed E-state index contributed by atoms with van der Waals surface area (Å²) in [6, 6.07) is 19.0. The molecule has 0 radical (unpaired) electrons. The van der Waals surface area contributed by atoms with Crippen LogP contribution in [0.2, 0.25) is 0 Å². The molecule has 0 heterocycles. The number of nitro benzene ring substituents is 1. The SMILES string of the molecule is O=[N+]([O-])c1ccccc1Oc1ccc(OCc2cccc(F)c2)cc1. The van der Waals surface area contributed by atoms with E-state index in [-0.39, 0.29) is 23.9 Å². The van der Waals surface area contributed by atoms with Crippen LogP contribution in [0.1, 0.15) is 5.56 Å². The molecule has 25 heavy (non-hydrogen) atoms. The summed E-state index contributed by atoms with van der Waals surface area (Å²) in [5.74, 6) is 0.891. The highest BCUT2D eigenvalue weighted by molar-refractivity contribution is 5.48. The number of hydrogen-bond acceptors (Lipinski definition) is 4. The van der Waals surface area contributed by atoms with Crippen molar-refractivity contribution in [1.82, 2.24) is 0 Å². The quantitative estimate of drug-likeness (QED) is 0.463. The molecule has 0 unspecified atom stereocenters. The zero-order valence-corrected chi connectivity index (χ0v) is 13.1. The smallest absolute Gasteiger partial charge is 0.311 e. The number of halogens is 1. The molecule has 0 aliphatic carbocycles. The molecule has 0 amide bonds. The Morgan fingerprint density at radius 1 is 0.920 bits per heavy atom. The minimum Gasteiger partial charge on any atom is -0.489 e. The van der Waals surface area contributed by atoms with Crippen LogP contribution >= 0.6 is 0 Å². The Morgan fingerprint density at radius 2 is 1.64 bits per heavy atom. The summed E-state index contributed by atoms with van der Waals surface area (Å²) in [7, 11) is 0. The van der Waals surface area contributed by atoms with Gasteiger partial charge in [0.2, 0.25) is 5.75 Å². The molecule has 0 aliphatic rings. The summed E-state index contributed by atoms with van der Waals surface area (Å²) in [5, 5.41) is 11.0. The van der Waals surface area contributed by atoms with Crippen LogP contribution in [0.3, 0.4) is 0 Å². The lowest BCUT2D eigenvalue weighted by Gasteiger charge is -2.09. The number of para-hydroxylation sites is 2. The van der Waals surface area contributed by atoms with Gasteiger partial charge in [0.1, 0.15) is 23.9 Å². The number of benzene rings is 3. The van der Waals surface area contributed by atoms with Gasteiger partial charge >= 0.3 is 5.69 Å². The van der Waals surface area contributed by atoms with Crippen molar-refractivity contribution in [1.29, 1.82) is 0 Å². The van der Waals surface area contributed by atoms with E-state index in [1.807, 2.05) is 0 Å². The van der Waals surface area contributed by atoms with Gasteiger partial charge in [-0.05, 0) is 48.0 Å². The molecular weight excluding hydrogens is 325 g/mol. The summed E-state index contributed by atoms with van der Waals surface area (Å²) in [5.41, 5.74) is 0.620. The van der Waals surface area contributed by atoms with Gasteiger partial charge in [-0.3, -0.25) is 10.1 Å². The summed E-state index contributed by atoms with van der Waals surface area (Å²) in [6.07, 6.45) is 0. The van der Waals surface area contributed by atoms with Crippen molar-refractivity contribution in [2.75, 3.05) is 0 Å². The van der Waals surface area contributed by atoms with Crippen LogP contribution in [-0.2, 0) is 6.61 Å². The fraction of sp³-hybridized carbons (Fsp3) is 0.0526. The molecule has 0 N–H and O–H groups in total. The van der Waals surface area contributed by atoms with Crippen molar-refractivity contribution >= 4 is 5.69 Å². The molecule has 0 saturated heterocycles. The number of rotatable bonds is 6. The molecule has 5 nitrogen and oxygen atoms in total. The number of nitrogens with zero attached hydrogens (tertiary/aromatic N) is 1. The first-order valence-corrected chi connectivity index (χ1v) is 7.50. The highest BCUT2D eigenvalue weighted by Crippen LogP contribution is 2.31. The second-order valence-corrected chi connectivity index (χ2v) is 5.22. The molecule has 6 heteroatoms. The third kappa shape index (κ3) is 4.32. The van der Waals surface area contributed by atoms with Gasteiger partial charge in [0, 0.05) is 6.07 Å². The van der Waals surface area contributed by atoms with E-state index >= 15 is 0 Å². The van der Waals surface area contributed by atoms with E-state index in [4.69, 9.17) is 9.47 Å². The Hall–Kier alpha value is -3.41. The van der Waals surface area contributed by atoms with Gasteiger partial charge < -0.3 is 9.47 Å². The van der Waals surface area contributed by atoms with Crippen molar-refractivity contribution in [3.63, 3.8) is 0 Å². The molecular formula is C19H14FNO4. The monoisotopic (exact) mass is 339 g/mol. The van der Waals surface area contributed by atoms with Gasteiger partial charge in [-0.15, -0.1) is 0 Å². The summed E-state index contributed by atoms with van der Waals surface area (Å²) in [4.78, 5) is 10.5. The number of nitro groups is 1. The molecule has 0 aromatic heterocycles. The lowest BCUT2D eigenvalue weighted by molar-refractivity contribution is -0.385. The topological polar surface area (TPSA) is 61.6 Å². The van der Waals surface area contributed by atoms with Crippen molar-refractivity contribution in [2.24, 2.45) is 0 Å². The molecule has 0 bridgehead atoms. The van der Waals surface area contributed by atoms with Crippen LogP contribution in [-0.4, -0.2) is 4.92 Å². The highest BCUT2D eigenvalue weighted by atomic mass is 19.1. The van der Waals surface area contributed by atoms with Gasteiger partial charge in [-0.1, -0.05) is 24.3 Å². The van der Waals surface area contributed by atoms with Crippen LogP contribution in [0.5, 0.6) is 17.2 Å². The molecule has 3 rings (SSSR count). The molecule has 0 fully saturated rings. The van der Waals surface area contributed by atoms with Crippen LogP contribution in [0.4, 0.5) is 10.1 Å². The Morgan fingerprint density at radius 3 is 2.36 bits per heavy atom. The normalized spacial score (nSPS) is 10.3. The maximum absolute atomic E-state index is 13.1. The Balaban J connectivity index is 1.65. The molecule has 3 aromatic carbocycles. The second kappa shape index (κ2) is 7.44. The van der Waals surface area contributed by atoms with Crippen molar-refractivity contribution < 1.29 is 18.8 Å². The van der Waals surface area contributed by atoms with Gasteiger partial charge in [0.15, 0.2) is 0 Å². The summed E-state index contributed by atoms with van der Waals surface area (Å²) < 4.78 is 24.3. The van der Waals surface area contributed by atoms with E-state index in [9.17, 15) is 14.5 Å². The third-order valence-electron chi connectivity index (χ3n) is 3.41. The standard InChI is InChI=1S/C19H14FNO4/c20-15-5-3-4-14(12-15)13-24-16-8-10-17(11-9-16)25-19-7-2-1-6-18(19)21(22)23/h1-12H,13H2. The average molecular weight is 339 g/mol. The molecule has 0 atom stereocenters. The molecule has 0 aliphatic heterocycles. The van der Waals surface area contributed by atoms with Crippen molar-refractivity contribution in [2.45, 2.75) is 6.61 Å². The van der Waals surface area contributed by atoms with E-state index in [1.165, 1.54) is 24.3 Å². The molecule has 0 spiro atoms. The van der Waals surface area contributed by atoms with Crippen LogP contribution < -0.4 is 9.47 Å². The second-order valence-electron chi connectivity index (χ2n) is 5.22. The Labute approximate surface area is 143 Å². The van der Waals surface area contributed by atoms with Crippen LogP contribution in [0, 0.1) is 15.9 Å². The predicted octanol–water partition coefficient (Wildman–Crippen LogP) is 5.11. The van der Waals surface area contributed by atoms with Crippen molar-refractivity contribution in [3.8, 4) is 17.2 Å². The average Bonchev–Trinajstić information content (AvgIpc) is 2.61. The molecule has 0 saturated carbocycles. The fourth-order valence-corrected chi connectivity index (χ4v) is 2.22. The Bertz CT molecular complexity index is 881. The van der Waals surface area contributed by atoms with Crippen molar-refractivity contribution in [3.05, 3.63) is 94.3 Å². The summed E-state index contributed by atoms with van der Waals surface area (Å²) >= 11 is 0. The number of ether oxygens (including phenoxy) is 2. The summed E-state index contributed by atoms with van der Waals surface area (Å²) in [6.45, 7) is 0.238. The lowest BCUT2D eigenvalue weighted by Crippen LogP contribution is -1.96. The lowest BCUT2D eigenvalue weighted by atomic mass is 10.2. The minimum atomic E-state index is -0.494. The van der Waals surface area contributed by atoms with Gasteiger partial charge in [0.05, 0.1) is 4.92 Å². The first kappa shape index (κ1) is 16.4. The van der Waals surface area contributed by atoms with Gasteiger partial charge in [0.25, 0.3) is 0 Å². The van der Waals surface area contributed by atoms with E-state index in [0.29, 0.717) is 11.5 Å². The predicted molar refractivity (Wildman–Crippen MR) is 90.3 cm³/mol. The van der Waals surface area contributed by atoms with Crippen LogP contribution in [0.15, 0.2) is 72.8 Å². The fourth-order valence-electron chi connectivity index (χ4n) is 2.22. The van der Waals surface area contributed by atoms with E-state index in [2.05, 4.69) is 0 Å². The molecule has 126 valence electrons. The van der Waals surface area contributed by atoms with Gasteiger partial charge in [-0.2, -0.15) is 0 Å². The minimum absolute atomic E-state index is 0.103. The largest absolute Gasteiger partial charge is 0.489 e. The maximum Gasteiger partial charge on any atom is 0.311 e.